The van der Waals surface area contributed by atoms with Gasteiger partial charge in [0.1, 0.15) is 5.75 Å². The van der Waals surface area contributed by atoms with Crippen LogP contribution >= 0.6 is 11.6 Å². The molecule has 0 fully saturated rings. The van der Waals surface area contributed by atoms with E-state index in [1.807, 2.05) is 36.4 Å². The lowest BCUT2D eigenvalue weighted by molar-refractivity contribution is 0.0950. The van der Waals surface area contributed by atoms with Crippen molar-refractivity contribution in [2.75, 3.05) is 12.4 Å². The molecule has 0 unspecified atom stereocenters. The molecular formula is C21H20ClN3O2. The maximum Gasteiger partial charge on any atom is 0.253 e. The molecule has 0 aliphatic carbocycles. The van der Waals surface area contributed by atoms with E-state index in [-0.39, 0.29) is 5.91 Å². The number of rotatable bonds is 7. The number of carbonyl (C=O) groups excluding carboxylic acids is 1. The fraction of sp³-hybridized carbons (Fsp3) is 0.143. The zero-order chi connectivity index (χ0) is 19.1. The molecule has 0 saturated heterocycles. The summed E-state index contributed by atoms with van der Waals surface area (Å²) in [6.07, 6.45) is 3.23. The first-order valence-electron chi connectivity index (χ1n) is 8.49. The van der Waals surface area contributed by atoms with Gasteiger partial charge < -0.3 is 15.4 Å². The van der Waals surface area contributed by atoms with Gasteiger partial charge in [-0.1, -0.05) is 41.9 Å². The summed E-state index contributed by atoms with van der Waals surface area (Å²) in [6.45, 7) is 0.996. The van der Waals surface area contributed by atoms with Gasteiger partial charge in [0.15, 0.2) is 0 Å². The molecule has 5 nitrogen and oxygen atoms in total. The molecule has 1 amide bonds. The number of pyridine rings is 1. The SMILES string of the molecule is COc1ccccc1CNc1cncc(C(=O)NCc2ccc(Cl)cc2)c1. The summed E-state index contributed by atoms with van der Waals surface area (Å²) in [5.74, 6) is 0.633. The van der Waals surface area contributed by atoms with Gasteiger partial charge in [-0.3, -0.25) is 9.78 Å². The van der Waals surface area contributed by atoms with Crippen molar-refractivity contribution >= 4 is 23.2 Å². The summed E-state index contributed by atoms with van der Waals surface area (Å²) in [5.41, 5.74) is 3.26. The smallest absolute Gasteiger partial charge is 0.253 e. The van der Waals surface area contributed by atoms with E-state index in [0.717, 1.165) is 22.6 Å². The number of nitrogens with one attached hydrogen (secondary N) is 2. The summed E-state index contributed by atoms with van der Waals surface area (Å²) in [4.78, 5) is 16.5. The number of ether oxygens (including phenoxy) is 1. The Balaban J connectivity index is 1.60. The summed E-state index contributed by atoms with van der Waals surface area (Å²) in [7, 11) is 1.64. The third-order valence-corrected chi connectivity index (χ3v) is 4.29. The van der Waals surface area contributed by atoms with Gasteiger partial charge in [0.05, 0.1) is 18.4 Å². The zero-order valence-corrected chi connectivity index (χ0v) is 15.7. The van der Waals surface area contributed by atoms with Crippen molar-refractivity contribution in [1.29, 1.82) is 0 Å². The zero-order valence-electron chi connectivity index (χ0n) is 14.9. The second kappa shape index (κ2) is 9.05. The molecular weight excluding hydrogens is 362 g/mol. The first-order valence-corrected chi connectivity index (χ1v) is 8.87. The largest absolute Gasteiger partial charge is 0.496 e. The minimum atomic E-state index is -0.182. The standard InChI is InChI=1S/C21H20ClN3O2/c1-27-20-5-3-2-4-16(20)13-24-19-10-17(12-23-14-19)21(26)25-11-15-6-8-18(22)9-7-15/h2-10,12,14,24H,11,13H2,1H3,(H,25,26). The Bertz CT molecular complexity index is 913. The molecule has 0 aliphatic rings. The fourth-order valence-electron chi connectivity index (χ4n) is 2.59. The van der Waals surface area contributed by atoms with Gasteiger partial charge >= 0.3 is 0 Å². The van der Waals surface area contributed by atoms with Crippen molar-refractivity contribution in [2.24, 2.45) is 0 Å². The molecule has 0 saturated carbocycles. The van der Waals surface area contributed by atoms with E-state index in [9.17, 15) is 4.79 Å². The third-order valence-electron chi connectivity index (χ3n) is 4.04. The third kappa shape index (κ3) is 5.21. The number of benzene rings is 2. The molecule has 3 rings (SSSR count). The van der Waals surface area contributed by atoms with E-state index >= 15 is 0 Å². The number of halogens is 1. The van der Waals surface area contributed by atoms with E-state index < -0.39 is 0 Å². The summed E-state index contributed by atoms with van der Waals surface area (Å²) >= 11 is 5.87. The quantitative estimate of drug-likeness (QED) is 0.641. The van der Waals surface area contributed by atoms with Crippen LogP contribution in [-0.4, -0.2) is 18.0 Å². The lowest BCUT2D eigenvalue weighted by Crippen LogP contribution is -2.23. The molecule has 0 aliphatic heterocycles. The predicted octanol–water partition coefficient (Wildman–Crippen LogP) is 4.29. The van der Waals surface area contributed by atoms with Gasteiger partial charge in [0.2, 0.25) is 0 Å². The molecule has 0 spiro atoms. The topological polar surface area (TPSA) is 63.2 Å². The van der Waals surface area contributed by atoms with Crippen molar-refractivity contribution in [3.05, 3.63) is 88.7 Å². The van der Waals surface area contributed by atoms with Crippen molar-refractivity contribution in [2.45, 2.75) is 13.1 Å². The molecule has 1 aromatic heterocycles. The van der Waals surface area contributed by atoms with Gasteiger partial charge in [0.25, 0.3) is 5.91 Å². The number of amides is 1. The van der Waals surface area contributed by atoms with Crippen LogP contribution in [0.25, 0.3) is 0 Å². The monoisotopic (exact) mass is 381 g/mol. The van der Waals surface area contributed by atoms with Gasteiger partial charge in [-0.25, -0.2) is 0 Å². The Morgan fingerprint density at radius 2 is 1.85 bits per heavy atom. The average molecular weight is 382 g/mol. The number of para-hydroxylation sites is 1. The first kappa shape index (κ1) is 18.7. The number of hydrogen-bond acceptors (Lipinski definition) is 4. The molecule has 2 N–H and O–H groups in total. The van der Waals surface area contributed by atoms with Crippen LogP contribution in [-0.2, 0) is 13.1 Å². The van der Waals surface area contributed by atoms with Gasteiger partial charge in [-0.05, 0) is 29.8 Å². The Labute approximate surface area is 163 Å². The molecule has 6 heteroatoms. The highest BCUT2D eigenvalue weighted by atomic mass is 35.5. The van der Waals surface area contributed by atoms with Crippen LogP contribution in [0.3, 0.4) is 0 Å². The Kier molecular flexibility index (Phi) is 6.28. The Morgan fingerprint density at radius 1 is 1.07 bits per heavy atom. The number of hydrogen-bond donors (Lipinski definition) is 2. The molecule has 27 heavy (non-hydrogen) atoms. The lowest BCUT2D eigenvalue weighted by Gasteiger charge is -2.11. The number of anilines is 1. The molecule has 138 valence electrons. The van der Waals surface area contributed by atoms with Crippen molar-refractivity contribution in [3.63, 3.8) is 0 Å². The molecule has 0 radical (unpaired) electrons. The van der Waals surface area contributed by atoms with Crippen LogP contribution in [0.4, 0.5) is 5.69 Å². The van der Waals surface area contributed by atoms with Crippen LogP contribution in [0.1, 0.15) is 21.5 Å². The second-order valence-corrected chi connectivity index (χ2v) is 6.37. The van der Waals surface area contributed by atoms with Gasteiger partial charge in [-0.15, -0.1) is 0 Å². The number of nitrogens with zero attached hydrogens (tertiary/aromatic N) is 1. The van der Waals surface area contributed by atoms with Crippen molar-refractivity contribution in [3.8, 4) is 5.75 Å². The van der Waals surface area contributed by atoms with Crippen LogP contribution < -0.4 is 15.4 Å². The fourth-order valence-corrected chi connectivity index (χ4v) is 2.72. The van der Waals surface area contributed by atoms with Gasteiger partial charge in [-0.2, -0.15) is 0 Å². The van der Waals surface area contributed by atoms with Gasteiger partial charge in [0, 0.05) is 36.1 Å². The van der Waals surface area contributed by atoms with Crippen molar-refractivity contribution < 1.29 is 9.53 Å². The molecule has 1 heterocycles. The normalized spacial score (nSPS) is 10.3. The van der Waals surface area contributed by atoms with Crippen LogP contribution in [0, 0.1) is 0 Å². The lowest BCUT2D eigenvalue weighted by atomic mass is 10.2. The summed E-state index contributed by atoms with van der Waals surface area (Å²) in [6, 6.07) is 16.9. The van der Waals surface area contributed by atoms with Crippen LogP contribution in [0.2, 0.25) is 5.02 Å². The first-order chi connectivity index (χ1) is 13.2. The maximum absolute atomic E-state index is 12.4. The minimum Gasteiger partial charge on any atom is -0.496 e. The van der Waals surface area contributed by atoms with E-state index in [0.29, 0.717) is 23.7 Å². The minimum absolute atomic E-state index is 0.182. The Morgan fingerprint density at radius 3 is 2.63 bits per heavy atom. The molecule has 3 aromatic rings. The summed E-state index contributed by atoms with van der Waals surface area (Å²) < 4.78 is 5.35. The number of methoxy groups -OCH3 is 1. The second-order valence-electron chi connectivity index (χ2n) is 5.94. The van der Waals surface area contributed by atoms with E-state index in [2.05, 4.69) is 15.6 Å². The average Bonchev–Trinajstić information content (AvgIpc) is 2.72. The molecule has 0 bridgehead atoms. The number of carbonyl (C=O) groups is 1. The highest BCUT2D eigenvalue weighted by Gasteiger charge is 2.08. The predicted molar refractivity (Wildman–Crippen MR) is 107 cm³/mol. The van der Waals surface area contributed by atoms with E-state index in [1.54, 1.807) is 37.7 Å². The highest BCUT2D eigenvalue weighted by Crippen LogP contribution is 2.19. The van der Waals surface area contributed by atoms with Crippen LogP contribution in [0.15, 0.2) is 67.0 Å². The van der Waals surface area contributed by atoms with E-state index in [4.69, 9.17) is 16.3 Å². The van der Waals surface area contributed by atoms with Crippen molar-refractivity contribution in [1.82, 2.24) is 10.3 Å². The summed E-state index contributed by atoms with van der Waals surface area (Å²) in [5, 5.41) is 6.83. The van der Waals surface area contributed by atoms with Crippen LogP contribution in [0.5, 0.6) is 5.75 Å². The molecule has 0 atom stereocenters. The highest BCUT2D eigenvalue weighted by molar-refractivity contribution is 6.30. The molecule has 2 aromatic carbocycles. The Hall–Kier alpha value is -3.05. The number of aromatic nitrogens is 1. The van der Waals surface area contributed by atoms with E-state index in [1.165, 1.54) is 0 Å². The maximum atomic E-state index is 12.4.